The molecule has 2 N–H and O–H groups in total. The minimum Gasteiger partial charge on any atom is -0.495 e. The van der Waals surface area contributed by atoms with Crippen LogP contribution in [0.2, 0.25) is 0 Å². The van der Waals surface area contributed by atoms with E-state index in [-0.39, 0.29) is 18.0 Å². The highest BCUT2D eigenvalue weighted by atomic mass is 32.1. The third-order valence-corrected chi connectivity index (χ3v) is 6.41. The summed E-state index contributed by atoms with van der Waals surface area (Å²) in [5, 5.41) is 6.89. The summed E-state index contributed by atoms with van der Waals surface area (Å²) >= 11 is 5.86. The molecule has 36 heavy (non-hydrogen) atoms. The highest BCUT2D eigenvalue weighted by molar-refractivity contribution is 7.80. The molecule has 0 aliphatic carbocycles. The lowest BCUT2D eigenvalue weighted by molar-refractivity contribution is -0.114. The molecule has 182 valence electrons. The summed E-state index contributed by atoms with van der Waals surface area (Å²) in [4.78, 5) is 23.2. The second-order valence-electron chi connectivity index (χ2n) is 8.56. The number of hydrogen-bond acceptors (Lipinski definition) is 5. The van der Waals surface area contributed by atoms with Crippen LogP contribution in [0, 0.1) is 6.92 Å². The summed E-state index contributed by atoms with van der Waals surface area (Å²) in [7, 11) is 1.57. The van der Waals surface area contributed by atoms with Gasteiger partial charge in [0.25, 0.3) is 0 Å². The van der Waals surface area contributed by atoms with E-state index in [0.717, 1.165) is 28.5 Å². The van der Waals surface area contributed by atoms with E-state index in [1.807, 2.05) is 73.9 Å². The fourth-order valence-electron chi connectivity index (χ4n) is 4.51. The van der Waals surface area contributed by atoms with Crippen molar-refractivity contribution in [1.82, 2.24) is 19.9 Å². The third-order valence-electron chi connectivity index (χ3n) is 6.10. The SMILES string of the molecule is COc1ccc(N2C(=S)N[C@@H](c3ccccn3)[C@@H]2c2cccn2-c2ccc(C)cn2)cc1NC(C)=O. The number of ether oxygens (including phenoxy) is 1. The number of thiocarbonyl (C=S) groups is 1. The number of aromatic nitrogens is 3. The van der Waals surface area contributed by atoms with Gasteiger partial charge in [0.1, 0.15) is 17.6 Å². The standard InChI is InChI=1S/C27H26N6O2S/c1-17-9-12-24(29-16-17)32-14-6-8-22(32)26-25(20-7-4-5-13-28-20)31-27(36)33(26)19-10-11-23(35-3)21(15-19)30-18(2)34/h4-16,25-26H,1-3H3,(H,30,34)(H,31,36)/t25-,26-/m0/s1. The van der Waals surface area contributed by atoms with Crippen LogP contribution in [0.3, 0.4) is 0 Å². The zero-order valence-corrected chi connectivity index (χ0v) is 21.0. The molecule has 1 saturated heterocycles. The summed E-state index contributed by atoms with van der Waals surface area (Å²) in [6.45, 7) is 3.48. The Morgan fingerprint density at radius 3 is 2.67 bits per heavy atom. The van der Waals surface area contributed by atoms with Gasteiger partial charge >= 0.3 is 0 Å². The molecule has 8 nitrogen and oxygen atoms in total. The second kappa shape index (κ2) is 9.79. The topological polar surface area (TPSA) is 84.3 Å². The summed E-state index contributed by atoms with van der Waals surface area (Å²) < 4.78 is 7.53. The zero-order valence-electron chi connectivity index (χ0n) is 20.2. The number of amides is 1. The van der Waals surface area contributed by atoms with Crippen LogP contribution in [-0.4, -0.2) is 32.7 Å². The maximum absolute atomic E-state index is 11.9. The van der Waals surface area contributed by atoms with Gasteiger partial charge in [0, 0.05) is 36.9 Å². The zero-order chi connectivity index (χ0) is 25.2. The van der Waals surface area contributed by atoms with Crippen molar-refractivity contribution in [3.8, 4) is 11.6 Å². The molecule has 0 radical (unpaired) electrons. The van der Waals surface area contributed by atoms with Crippen LogP contribution in [0.25, 0.3) is 5.82 Å². The molecule has 5 rings (SSSR count). The van der Waals surface area contributed by atoms with Crippen LogP contribution in [-0.2, 0) is 4.79 Å². The molecule has 2 atom stereocenters. The van der Waals surface area contributed by atoms with Gasteiger partial charge in [0.15, 0.2) is 5.11 Å². The minimum atomic E-state index is -0.246. The average Bonchev–Trinajstić information content (AvgIpc) is 3.49. The lowest BCUT2D eigenvalue weighted by atomic mass is 10.0. The molecule has 4 heterocycles. The van der Waals surface area contributed by atoms with Gasteiger partial charge in [-0.3, -0.25) is 9.78 Å². The molecule has 0 unspecified atom stereocenters. The van der Waals surface area contributed by atoms with E-state index < -0.39 is 0 Å². The fraction of sp³-hybridized carbons (Fsp3) is 0.185. The number of anilines is 2. The molecular weight excluding hydrogens is 472 g/mol. The molecule has 3 aromatic heterocycles. The third kappa shape index (κ3) is 4.40. The largest absolute Gasteiger partial charge is 0.495 e. The van der Waals surface area contributed by atoms with E-state index in [1.54, 1.807) is 13.3 Å². The number of benzene rings is 1. The Hall–Kier alpha value is -4.24. The summed E-state index contributed by atoms with van der Waals surface area (Å²) in [6, 6.07) is 19.1. The molecule has 1 aromatic carbocycles. The van der Waals surface area contributed by atoms with Gasteiger partial charge in [-0.1, -0.05) is 12.1 Å². The van der Waals surface area contributed by atoms with Crippen molar-refractivity contribution in [2.75, 3.05) is 17.3 Å². The summed E-state index contributed by atoms with van der Waals surface area (Å²) in [5.74, 6) is 1.19. The number of nitrogens with zero attached hydrogens (tertiary/aromatic N) is 4. The van der Waals surface area contributed by atoms with Crippen LogP contribution in [0.5, 0.6) is 5.75 Å². The fourth-order valence-corrected chi connectivity index (χ4v) is 4.86. The smallest absolute Gasteiger partial charge is 0.221 e. The van der Waals surface area contributed by atoms with E-state index >= 15 is 0 Å². The normalized spacial score (nSPS) is 17.1. The number of carbonyl (C=O) groups excluding carboxylic acids is 1. The van der Waals surface area contributed by atoms with Crippen LogP contribution in [0.1, 0.15) is 36.0 Å². The molecule has 0 spiro atoms. The highest BCUT2D eigenvalue weighted by Crippen LogP contribution is 2.43. The number of carbonyl (C=O) groups is 1. The lowest BCUT2D eigenvalue weighted by Crippen LogP contribution is -2.30. The maximum atomic E-state index is 11.9. The van der Waals surface area contributed by atoms with Gasteiger partial charge in [-0.2, -0.15) is 0 Å². The van der Waals surface area contributed by atoms with Gasteiger partial charge < -0.3 is 24.8 Å². The van der Waals surface area contributed by atoms with Gasteiger partial charge in [0.2, 0.25) is 5.91 Å². The number of nitrogens with one attached hydrogen (secondary N) is 2. The van der Waals surface area contributed by atoms with Crippen molar-refractivity contribution < 1.29 is 9.53 Å². The van der Waals surface area contributed by atoms with Gasteiger partial charge in [-0.25, -0.2) is 4.98 Å². The Kier molecular flexibility index (Phi) is 6.39. The predicted octanol–water partition coefficient (Wildman–Crippen LogP) is 4.72. The number of hydrogen-bond donors (Lipinski definition) is 2. The molecule has 0 saturated carbocycles. The van der Waals surface area contributed by atoms with Crippen LogP contribution in [0.15, 0.2) is 79.3 Å². The van der Waals surface area contributed by atoms with Gasteiger partial charge in [-0.05, 0) is 73.2 Å². The predicted molar refractivity (Wildman–Crippen MR) is 144 cm³/mol. The number of pyridine rings is 2. The first-order chi connectivity index (χ1) is 17.5. The maximum Gasteiger partial charge on any atom is 0.221 e. The molecule has 1 fully saturated rings. The monoisotopic (exact) mass is 498 g/mol. The van der Waals surface area contributed by atoms with Crippen molar-refractivity contribution in [3.63, 3.8) is 0 Å². The van der Waals surface area contributed by atoms with E-state index in [0.29, 0.717) is 16.5 Å². The Labute approximate surface area is 215 Å². The number of aryl methyl sites for hydroxylation is 1. The van der Waals surface area contributed by atoms with Crippen LogP contribution >= 0.6 is 12.2 Å². The molecule has 9 heteroatoms. The van der Waals surface area contributed by atoms with Gasteiger partial charge in [0.05, 0.1) is 24.5 Å². The van der Waals surface area contributed by atoms with E-state index in [2.05, 4.69) is 36.1 Å². The van der Waals surface area contributed by atoms with Crippen molar-refractivity contribution in [3.05, 3.63) is 96.2 Å². The first-order valence-corrected chi connectivity index (χ1v) is 11.9. The Morgan fingerprint density at radius 2 is 1.97 bits per heavy atom. The summed E-state index contributed by atoms with van der Waals surface area (Å²) in [6.07, 6.45) is 5.63. The van der Waals surface area contributed by atoms with Crippen molar-refractivity contribution in [2.24, 2.45) is 0 Å². The number of methoxy groups -OCH3 is 1. The van der Waals surface area contributed by atoms with Crippen molar-refractivity contribution >= 4 is 34.6 Å². The molecule has 4 aromatic rings. The van der Waals surface area contributed by atoms with E-state index in [9.17, 15) is 4.79 Å². The average molecular weight is 499 g/mol. The Balaban J connectivity index is 1.66. The summed E-state index contributed by atoms with van der Waals surface area (Å²) in [5.41, 5.74) is 4.33. The molecule has 1 amide bonds. The van der Waals surface area contributed by atoms with Gasteiger partial charge in [-0.15, -0.1) is 0 Å². The van der Waals surface area contributed by atoms with Crippen molar-refractivity contribution in [2.45, 2.75) is 25.9 Å². The van der Waals surface area contributed by atoms with E-state index in [1.165, 1.54) is 6.92 Å². The van der Waals surface area contributed by atoms with Crippen molar-refractivity contribution in [1.29, 1.82) is 0 Å². The Bertz CT molecular complexity index is 1400. The van der Waals surface area contributed by atoms with E-state index in [4.69, 9.17) is 17.0 Å². The first kappa shape index (κ1) is 23.5. The minimum absolute atomic E-state index is 0.185. The Morgan fingerprint density at radius 1 is 1.11 bits per heavy atom. The highest BCUT2D eigenvalue weighted by Gasteiger charge is 2.42. The lowest BCUT2D eigenvalue weighted by Gasteiger charge is -2.29. The van der Waals surface area contributed by atoms with Crippen LogP contribution < -0.4 is 20.3 Å². The molecule has 1 aliphatic heterocycles. The number of rotatable bonds is 6. The molecule has 0 bridgehead atoms. The molecule has 1 aliphatic rings. The van der Waals surface area contributed by atoms with Crippen LogP contribution in [0.4, 0.5) is 11.4 Å². The second-order valence-corrected chi connectivity index (χ2v) is 8.95. The quantitative estimate of drug-likeness (QED) is 0.372. The first-order valence-electron chi connectivity index (χ1n) is 11.5. The molecular formula is C27H26N6O2S.